The molecule has 0 atom stereocenters. The van der Waals surface area contributed by atoms with Crippen LogP contribution in [0.25, 0.3) is 6.08 Å². The van der Waals surface area contributed by atoms with Crippen LogP contribution >= 0.6 is 0 Å². The number of hydrazine groups is 1. The van der Waals surface area contributed by atoms with Crippen LogP contribution in [-0.4, -0.2) is 38.7 Å². The molecule has 2 N–H and O–H groups in total. The van der Waals surface area contributed by atoms with Gasteiger partial charge in [0.2, 0.25) is 5.75 Å². The van der Waals surface area contributed by atoms with E-state index >= 15 is 0 Å². The number of nitrogens with one attached hydrogen (secondary N) is 2. The van der Waals surface area contributed by atoms with Gasteiger partial charge in [0.1, 0.15) is 0 Å². The monoisotopic (exact) mass is 446 g/mol. The second-order valence-corrected chi connectivity index (χ2v) is 6.27. The topological polar surface area (TPSA) is 95.1 Å². The Hall–Kier alpha value is -3.75. The Morgan fingerprint density at radius 1 is 0.906 bits per heavy atom. The average Bonchev–Trinajstić information content (AvgIpc) is 2.78. The smallest absolute Gasteiger partial charge is 0.269 e. The van der Waals surface area contributed by atoms with E-state index in [0.717, 1.165) is 6.08 Å². The van der Waals surface area contributed by atoms with Crippen molar-refractivity contribution in [1.82, 2.24) is 10.9 Å². The molecular weight excluding hydrogens is 419 g/mol. The van der Waals surface area contributed by atoms with E-state index in [4.69, 9.17) is 18.9 Å². The lowest BCUT2D eigenvalue weighted by atomic mass is 10.1. The number of carbonyl (C=O) groups excluding carboxylic acids is 2. The van der Waals surface area contributed by atoms with Gasteiger partial charge in [-0.3, -0.25) is 20.4 Å². The maximum Gasteiger partial charge on any atom is 0.269 e. The molecule has 0 aliphatic carbocycles. The summed E-state index contributed by atoms with van der Waals surface area (Å²) in [5, 5.41) is 0. The van der Waals surface area contributed by atoms with Crippen LogP contribution in [0.15, 0.2) is 36.4 Å². The number of hydrogen-bond donors (Lipinski definition) is 2. The van der Waals surface area contributed by atoms with E-state index in [1.165, 1.54) is 37.5 Å². The van der Waals surface area contributed by atoms with Crippen molar-refractivity contribution < 1.29 is 32.9 Å². The van der Waals surface area contributed by atoms with Crippen LogP contribution in [0, 0.1) is 5.82 Å². The standard InChI is InChI=1S/C23H27FN2O6/c1-5-30-19-13-16(14-20(31-6-2)22(19)32-7-3)23(28)26-25-21(27)11-9-15-8-10-18(29-4)17(24)12-15/h8-14H,5-7H2,1-4H3,(H,25,27)(H,26,28)/b11-9+. The second kappa shape index (κ2) is 12.2. The van der Waals surface area contributed by atoms with Gasteiger partial charge >= 0.3 is 0 Å². The van der Waals surface area contributed by atoms with Gasteiger partial charge in [0.05, 0.1) is 26.9 Å². The van der Waals surface area contributed by atoms with E-state index in [9.17, 15) is 14.0 Å². The Morgan fingerprint density at radius 2 is 1.53 bits per heavy atom. The molecule has 0 aliphatic rings. The molecule has 8 nitrogen and oxygen atoms in total. The Balaban J connectivity index is 2.09. The van der Waals surface area contributed by atoms with Crippen molar-refractivity contribution in [3.05, 3.63) is 53.4 Å². The van der Waals surface area contributed by atoms with Gasteiger partial charge in [-0.1, -0.05) is 6.07 Å². The molecule has 0 radical (unpaired) electrons. The zero-order valence-electron chi connectivity index (χ0n) is 18.5. The fourth-order valence-electron chi connectivity index (χ4n) is 2.71. The summed E-state index contributed by atoms with van der Waals surface area (Å²) >= 11 is 0. The number of ether oxygens (including phenoxy) is 4. The van der Waals surface area contributed by atoms with Gasteiger partial charge in [0, 0.05) is 11.6 Å². The fourth-order valence-corrected chi connectivity index (χ4v) is 2.71. The number of carbonyl (C=O) groups is 2. The fraction of sp³-hybridized carbons (Fsp3) is 0.304. The number of rotatable bonds is 10. The molecule has 0 spiro atoms. The minimum absolute atomic E-state index is 0.104. The molecule has 2 rings (SSSR count). The minimum atomic E-state index is -0.601. The summed E-state index contributed by atoms with van der Waals surface area (Å²) in [5.41, 5.74) is 5.26. The molecular formula is C23H27FN2O6. The third-order valence-corrected chi connectivity index (χ3v) is 4.07. The predicted octanol–water partition coefficient (Wildman–Crippen LogP) is 3.50. The van der Waals surface area contributed by atoms with Crippen molar-refractivity contribution in [3.63, 3.8) is 0 Å². The molecule has 0 aliphatic heterocycles. The van der Waals surface area contributed by atoms with Crippen molar-refractivity contribution in [2.24, 2.45) is 0 Å². The van der Waals surface area contributed by atoms with Crippen molar-refractivity contribution in [2.75, 3.05) is 26.9 Å². The lowest BCUT2D eigenvalue weighted by Gasteiger charge is -2.17. The highest BCUT2D eigenvalue weighted by molar-refractivity contribution is 5.98. The lowest BCUT2D eigenvalue weighted by Crippen LogP contribution is -2.40. The van der Waals surface area contributed by atoms with Gasteiger partial charge in [0.15, 0.2) is 23.1 Å². The van der Waals surface area contributed by atoms with Gasteiger partial charge < -0.3 is 18.9 Å². The Morgan fingerprint density at radius 3 is 2.06 bits per heavy atom. The summed E-state index contributed by atoms with van der Waals surface area (Å²) in [6.45, 7) is 6.57. The Labute approximate surface area is 186 Å². The van der Waals surface area contributed by atoms with Crippen LogP contribution in [0.1, 0.15) is 36.7 Å². The molecule has 0 fully saturated rings. The highest BCUT2D eigenvalue weighted by atomic mass is 19.1. The SMILES string of the molecule is CCOc1cc(C(=O)NNC(=O)/C=C/c2ccc(OC)c(F)c2)cc(OCC)c1OCC. The molecule has 32 heavy (non-hydrogen) atoms. The van der Waals surface area contributed by atoms with E-state index in [1.807, 2.05) is 20.8 Å². The molecule has 0 bridgehead atoms. The number of hydrogen-bond acceptors (Lipinski definition) is 6. The average molecular weight is 446 g/mol. The Kier molecular flexibility index (Phi) is 9.34. The van der Waals surface area contributed by atoms with E-state index in [1.54, 1.807) is 6.07 Å². The first-order valence-electron chi connectivity index (χ1n) is 10.1. The zero-order chi connectivity index (χ0) is 23.5. The van der Waals surface area contributed by atoms with Crippen molar-refractivity contribution in [2.45, 2.75) is 20.8 Å². The van der Waals surface area contributed by atoms with E-state index in [-0.39, 0.29) is 11.3 Å². The lowest BCUT2D eigenvalue weighted by molar-refractivity contribution is -0.117. The summed E-state index contributed by atoms with van der Waals surface area (Å²) in [4.78, 5) is 24.6. The summed E-state index contributed by atoms with van der Waals surface area (Å²) in [7, 11) is 1.36. The van der Waals surface area contributed by atoms with Crippen LogP contribution in [0.5, 0.6) is 23.0 Å². The van der Waals surface area contributed by atoms with Crippen LogP contribution in [0.4, 0.5) is 4.39 Å². The van der Waals surface area contributed by atoms with Crippen LogP contribution in [0.3, 0.4) is 0 Å². The summed E-state index contributed by atoms with van der Waals surface area (Å²) < 4.78 is 35.3. The second-order valence-electron chi connectivity index (χ2n) is 6.27. The van der Waals surface area contributed by atoms with Crippen LogP contribution < -0.4 is 29.8 Å². The first kappa shape index (κ1) is 24.5. The number of benzene rings is 2. The predicted molar refractivity (Wildman–Crippen MR) is 118 cm³/mol. The summed E-state index contributed by atoms with van der Waals surface area (Å²) in [6.07, 6.45) is 2.57. The maximum atomic E-state index is 13.7. The molecule has 0 aromatic heterocycles. The maximum absolute atomic E-state index is 13.7. The quantitative estimate of drug-likeness (QED) is 0.429. The molecule has 0 unspecified atom stereocenters. The molecule has 2 aromatic carbocycles. The van der Waals surface area contributed by atoms with Crippen molar-refractivity contribution in [1.29, 1.82) is 0 Å². The number of methoxy groups -OCH3 is 1. The van der Waals surface area contributed by atoms with Crippen molar-refractivity contribution >= 4 is 17.9 Å². The molecule has 0 saturated carbocycles. The minimum Gasteiger partial charge on any atom is -0.494 e. The van der Waals surface area contributed by atoms with E-state index in [2.05, 4.69) is 10.9 Å². The molecule has 9 heteroatoms. The van der Waals surface area contributed by atoms with Gasteiger partial charge in [-0.05, 0) is 56.7 Å². The van der Waals surface area contributed by atoms with Gasteiger partial charge in [0.25, 0.3) is 11.8 Å². The van der Waals surface area contributed by atoms with E-state index < -0.39 is 17.6 Å². The van der Waals surface area contributed by atoms with Gasteiger partial charge in [-0.2, -0.15) is 0 Å². The first-order valence-corrected chi connectivity index (χ1v) is 10.1. The van der Waals surface area contributed by atoms with Crippen LogP contribution in [-0.2, 0) is 4.79 Å². The Bertz CT molecular complexity index is 950. The zero-order valence-corrected chi connectivity index (χ0v) is 18.5. The highest BCUT2D eigenvalue weighted by Crippen LogP contribution is 2.39. The largest absolute Gasteiger partial charge is 0.494 e. The molecule has 0 saturated heterocycles. The highest BCUT2D eigenvalue weighted by Gasteiger charge is 2.18. The summed E-state index contributed by atoms with van der Waals surface area (Å²) in [5.74, 6) is -0.494. The number of halogens is 1. The van der Waals surface area contributed by atoms with Gasteiger partial charge in [-0.25, -0.2) is 4.39 Å². The third kappa shape index (κ3) is 6.63. The van der Waals surface area contributed by atoms with E-state index in [0.29, 0.717) is 42.6 Å². The van der Waals surface area contributed by atoms with Crippen LogP contribution in [0.2, 0.25) is 0 Å². The van der Waals surface area contributed by atoms with Crippen molar-refractivity contribution in [3.8, 4) is 23.0 Å². The summed E-state index contributed by atoms with van der Waals surface area (Å²) in [6, 6.07) is 7.29. The molecule has 172 valence electrons. The first-order chi connectivity index (χ1) is 15.4. The normalized spacial score (nSPS) is 10.5. The third-order valence-electron chi connectivity index (χ3n) is 4.07. The van der Waals surface area contributed by atoms with Gasteiger partial charge in [-0.15, -0.1) is 0 Å². The molecule has 2 amide bonds. The number of amides is 2. The molecule has 2 aromatic rings. The molecule has 0 heterocycles.